The molecule has 0 aromatic heterocycles. The molecule has 0 amide bonds. The molecule has 2 nitrogen and oxygen atoms in total. The summed E-state index contributed by atoms with van der Waals surface area (Å²) in [6, 6.07) is 0. The van der Waals surface area contributed by atoms with Crippen LogP contribution >= 0.6 is 0 Å². The predicted molar refractivity (Wildman–Crippen MR) is 54.7 cm³/mol. The van der Waals surface area contributed by atoms with E-state index < -0.39 is 5.97 Å². The number of carboxylic acids is 1. The van der Waals surface area contributed by atoms with Gasteiger partial charge in [0.05, 0.1) is 0 Å². The maximum Gasteiger partial charge on any atom is 0.331 e. The topological polar surface area (TPSA) is 37.3 Å². The zero-order valence-electron chi connectivity index (χ0n) is 8.42. The monoisotopic (exact) mass is 182 g/mol. The van der Waals surface area contributed by atoms with Crippen LogP contribution in [0.15, 0.2) is 23.8 Å². The van der Waals surface area contributed by atoms with E-state index in [0.29, 0.717) is 5.57 Å². The van der Waals surface area contributed by atoms with Gasteiger partial charge < -0.3 is 5.11 Å². The lowest BCUT2D eigenvalue weighted by Gasteiger charge is -1.91. The van der Waals surface area contributed by atoms with Crippen molar-refractivity contribution in [1.29, 1.82) is 0 Å². The molecule has 0 rings (SSSR count). The van der Waals surface area contributed by atoms with Gasteiger partial charge in [0, 0.05) is 5.57 Å². The quantitative estimate of drug-likeness (QED) is 0.389. The largest absolute Gasteiger partial charge is 0.478 e. The van der Waals surface area contributed by atoms with Gasteiger partial charge in [-0.3, -0.25) is 0 Å². The molecule has 0 saturated carbocycles. The Labute approximate surface area is 80.0 Å². The van der Waals surface area contributed by atoms with Crippen LogP contribution in [0.4, 0.5) is 0 Å². The van der Waals surface area contributed by atoms with Crippen molar-refractivity contribution in [2.45, 2.75) is 39.5 Å². The molecule has 0 saturated heterocycles. The molecule has 0 heterocycles. The summed E-state index contributed by atoms with van der Waals surface area (Å²) in [5.74, 6) is -0.849. The van der Waals surface area contributed by atoms with E-state index in [1.54, 1.807) is 13.0 Å². The molecular formula is C11H18O2. The zero-order valence-corrected chi connectivity index (χ0v) is 8.42. The Kier molecular flexibility index (Phi) is 6.98. The van der Waals surface area contributed by atoms with Crippen LogP contribution in [0.5, 0.6) is 0 Å². The second-order valence-electron chi connectivity index (χ2n) is 3.08. The van der Waals surface area contributed by atoms with Gasteiger partial charge in [0.25, 0.3) is 0 Å². The van der Waals surface area contributed by atoms with Crippen LogP contribution in [-0.2, 0) is 4.79 Å². The van der Waals surface area contributed by atoms with Gasteiger partial charge in [0.2, 0.25) is 0 Å². The second-order valence-corrected chi connectivity index (χ2v) is 3.08. The first-order valence-corrected chi connectivity index (χ1v) is 4.75. The molecule has 74 valence electrons. The Hall–Kier alpha value is -1.05. The van der Waals surface area contributed by atoms with Gasteiger partial charge in [-0.1, -0.05) is 38.0 Å². The van der Waals surface area contributed by atoms with Crippen LogP contribution in [0.25, 0.3) is 0 Å². The number of hydrogen-bond donors (Lipinski definition) is 1. The van der Waals surface area contributed by atoms with Gasteiger partial charge in [-0.05, 0) is 19.8 Å². The number of unbranched alkanes of at least 4 members (excludes halogenated alkanes) is 3. The lowest BCUT2D eigenvalue weighted by molar-refractivity contribution is -0.132. The lowest BCUT2D eigenvalue weighted by Crippen LogP contribution is -1.94. The van der Waals surface area contributed by atoms with E-state index in [4.69, 9.17) is 5.11 Å². The summed E-state index contributed by atoms with van der Waals surface area (Å²) in [4.78, 5) is 10.4. The molecule has 0 bridgehead atoms. The fourth-order valence-corrected chi connectivity index (χ4v) is 0.892. The molecule has 0 fully saturated rings. The van der Waals surface area contributed by atoms with Crippen molar-refractivity contribution in [2.24, 2.45) is 0 Å². The fraction of sp³-hybridized carbons (Fsp3) is 0.545. The highest BCUT2D eigenvalue weighted by Gasteiger charge is 1.95. The molecule has 13 heavy (non-hydrogen) atoms. The molecule has 0 aromatic rings. The highest BCUT2D eigenvalue weighted by molar-refractivity contribution is 5.86. The van der Waals surface area contributed by atoms with E-state index in [1.165, 1.54) is 19.3 Å². The number of carboxylic acid groups (broad SMARTS) is 1. The molecular weight excluding hydrogens is 164 g/mol. The highest BCUT2D eigenvalue weighted by atomic mass is 16.4. The minimum absolute atomic E-state index is 0.381. The molecule has 0 atom stereocenters. The Balaban J connectivity index is 3.62. The molecule has 0 spiro atoms. The molecule has 0 aromatic carbocycles. The Morgan fingerprint density at radius 2 is 2.08 bits per heavy atom. The van der Waals surface area contributed by atoms with Crippen molar-refractivity contribution in [1.82, 2.24) is 0 Å². The fourth-order valence-electron chi connectivity index (χ4n) is 0.892. The van der Waals surface area contributed by atoms with Crippen molar-refractivity contribution in [2.75, 3.05) is 0 Å². The molecule has 0 unspecified atom stereocenters. The summed E-state index contributed by atoms with van der Waals surface area (Å²) in [5, 5.41) is 8.52. The van der Waals surface area contributed by atoms with E-state index in [9.17, 15) is 4.79 Å². The first-order chi connectivity index (χ1) is 6.18. The van der Waals surface area contributed by atoms with Crippen LogP contribution in [0.3, 0.4) is 0 Å². The molecule has 1 N–H and O–H groups in total. The molecule has 2 heteroatoms. The minimum atomic E-state index is -0.849. The van der Waals surface area contributed by atoms with E-state index in [-0.39, 0.29) is 0 Å². The summed E-state index contributed by atoms with van der Waals surface area (Å²) in [5.41, 5.74) is 0.381. The number of rotatable bonds is 6. The number of allylic oxidation sites excluding steroid dienone is 3. The van der Waals surface area contributed by atoms with E-state index in [1.807, 2.05) is 12.2 Å². The average molecular weight is 182 g/mol. The number of aliphatic carboxylic acids is 1. The minimum Gasteiger partial charge on any atom is -0.478 e. The van der Waals surface area contributed by atoms with Crippen molar-refractivity contribution in [3.05, 3.63) is 23.8 Å². The van der Waals surface area contributed by atoms with Gasteiger partial charge in [-0.15, -0.1) is 0 Å². The van der Waals surface area contributed by atoms with Gasteiger partial charge in [-0.25, -0.2) is 4.79 Å². The molecule has 0 radical (unpaired) electrons. The van der Waals surface area contributed by atoms with Crippen molar-refractivity contribution in [3.8, 4) is 0 Å². The summed E-state index contributed by atoms with van der Waals surface area (Å²) in [6.07, 6.45) is 10.2. The standard InChI is InChI=1S/C11H18O2/c1-3-4-5-6-7-8-9-10(2)11(12)13/h7-9H,3-6H2,1-2H3,(H,12,13)/b8-7+,10-9+. The first-order valence-electron chi connectivity index (χ1n) is 4.75. The van der Waals surface area contributed by atoms with Crippen molar-refractivity contribution < 1.29 is 9.90 Å². The van der Waals surface area contributed by atoms with Gasteiger partial charge in [0.1, 0.15) is 0 Å². The highest BCUT2D eigenvalue weighted by Crippen LogP contribution is 2.00. The van der Waals surface area contributed by atoms with Crippen LogP contribution < -0.4 is 0 Å². The van der Waals surface area contributed by atoms with Crippen LogP contribution in [0.1, 0.15) is 39.5 Å². The maximum atomic E-state index is 10.4. The van der Waals surface area contributed by atoms with Crippen LogP contribution in [0.2, 0.25) is 0 Å². The summed E-state index contributed by atoms with van der Waals surface area (Å²) < 4.78 is 0. The SMILES string of the molecule is CCCCC/C=C/C=C(\C)C(=O)O. The second kappa shape index (κ2) is 7.59. The summed E-state index contributed by atoms with van der Waals surface area (Å²) in [6.45, 7) is 3.76. The smallest absolute Gasteiger partial charge is 0.331 e. The maximum absolute atomic E-state index is 10.4. The third kappa shape index (κ3) is 7.32. The first kappa shape index (κ1) is 11.9. The molecule has 0 aliphatic carbocycles. The molecule has 0 aliphatic rings. The van der Waals surface area contributed by atoms with Gasteiger partial charge in [0.15, 0.2) is 0 Å². The van der Waals surface area contributed by atoms with Crippen LogP contribution in [-0.4, -0.2) is 11.1 Å². The lowest BCUT2D eigenvalue weighted by atomic mass is 10.2. The number of hydrogen-bond acceptors (Lipinski definition) is 1. The zero-order chi connectivity index (χ0) is 10.1. The normalized spacial score (nSPS) is 12.3. The van der Waals surface area contributed by atoms with Crippen molar-refractivity contribution >= 4 is 5.97 Å². The Bertz CT molecular complexity index is 202. The third-order valence-electron chi connectivity index (χ3n) is 1.79. The van der Waals surface area contributed by atoms with Gasteiger partial charge in [-0.2, -0.15) is 0 Å². The van der Waals surface area contributed by atoms with Crippen LogP contribution in [0, 0.1) is 0 Å². The predicted octanol–water partition coefficient (Wildman–Crippen LogP) is 3.15. The van der Waals surface area contributed by atoms with Crippen molar-refractivity contribution in [3.63, 3.8) is 0 Å². The van der Waals surface area contributed by atoms with Gasteiger partial charge >= 0.3 is 5.97 Å². The van der Waals surface area contributed by atoms with E-state index in [0.717, 1.165) is 6.42 Å². The summed E-state index contributed by atoms with van der Waals surface area (Å²) >= 11 is 0. The molecule has 0 aliphatic heterocycles. The summed E-state index contributed by atoms with van der Waals surface area (Å²) in [7, 11) is 0. The third-order valence-corrected chi connectivity index (χ3v) is 1.79. The Morgan fingerprint density at radius 3 is 2.62 bits per heavy atom. The number of carbonyl (C=O) groups is 1. The average Bonchev–Trinajstić information content (AvgIpc) is 2.10. The van der Waals surface area contributed by atoms with E-state index >= 15 is 0 Å². The van der Waals surface area contributed by atoms with E-state index in [2.05, 4.69) is 6.92 Å². The Morgan fingerprint density at radius 1 is 1.38 bits per heavy atom.